The van der Waals surface area contributed by atoms with Crippen molar-refractivity contribution in [3.63, 3.8) is 0 Å². The number of amides is 1. The Morgan fingerprint density at radius 2 is 2.05 bits per heavy atom. The molecule has 0 fully saturated rings. The van der Waals surface area contributed by atoms with E-state index in [9.17, 15) is 14.4 Å². The van der Waals surface area contributed by atoms with Crippen LogP contribution in [0, 0.1) is 0 Å². The zero-order valence-electron chi connectivity index (χ0n) is 10.9. The van der Waals surface area contributed by atoms with Gasteiger partial charge in [0.15, 0.2) is 6.23 Å². The zero-order valence-corrected chi connectivity index (χ0v) is 11.8. The first-order valence-electron chi connectivity index (χ1n) is 5.92. The van der Waals surface area contributed by atoms with Crippen molar-refractivity contribution in [2.75, 3.05) is 5.75 Å². The van der Waals surface area contributed by atoms with Crippen LogP contribution in [0.1, 0.15) is 17.3 Å². The van der Waals surface area contributed by atoms with E-state index in [1.165, 1.54) is 6.92 Å². The number of rotatable bonds is 7. The van der Waals surface area contributed by atoms with Crippen LogP contribution < -0.4 is 11.1 Å². The number of hydrogen-bond acceptors (Lipinski definition) is 6. The Morgan fingerprint density at radius 1 is 1.40 bits per heavy atom. The van der Waals surface area contributed by atoms with Gasteiger partial charge < -0.3 is 15.8 Å². The maximum atomic E-state index is 11.9. The van der Waals surface area contributed by atoms with Gasteiger partial charge in [0.1, 0.15) is 0 Å². The molecule has 0 aliphatic carbocycles. The number of carbonyl (C=O) groups excluding carboxylic acids is 3. The lowest BCUT2D eigenvalue weighted by atomic mass is 10.2. The van der Waals surface area contributed by atoms with Gasteiger partial charge in [-0.2, -0.15) is 0 Å². The van der Waals surface area contributed by atoms with Crippen LogP contribution in [-0.4, -0.2) is 35.5 Å². The SMILES string of the molecule is CC(N)C(=O)NC(CSC(=O)c1ccccc1)OC=O. The molecule has 2 unspecified atom stereocenters. The monoisotopic (exact) mass is 296 g/mol. The fraction of sp³-hybridized carbons (Fsp3) is 0.308. The van der Waals surface area contributed by atoms with E-state index in [0.717, 1.165) is 11.8 Å². The molecule has 0 saturated heterocycles. The minimum Gasteiger partial charge on any atom is -0.443 e. The molecule has 2 atom stereocenters. The first-order valence-corrected chi connectivity index (χ1v) is 6.90. The van der Waals surface area contributed by atoms with Crippen LogP contribution in [0.15, 0.2) is 30.3 Å². The molecule has 0 spiro atoms. The largest absolute Gasteiger partial charge is 0.443 e. The molecule has 0 aliphatic rings. The fourth-order valence-electron chi connectivity index (χ4n) is 1.28. The molecule has 3 N–H and O–H groups in total. The van der Waals surface area contributed by atoms with Crippen LogP contribution >= 0.6 is 11.8 Å². The summed E-state index contributed by atoms with van der Waals surface area (Å²) in [7, 11) is 0. The Labute approximate surface area is 121 Å². The van der Waals surface area contributed by atoms with Gasteiger partial charge in [-0.3, -0.25) is 14.4 Å². The average molecular weight is 296 g/mol. The Bertz CT molecular complexity index is 465. The zero-order chi connectivity index (χ0) is 15.0. The third-order valence-corrected chi connectivity index (χ3v) is 3.28. The molecule has 0 aliphatic heterocycles. The van der Waals surface area contributed by atoms with Crippen molar-refractivity contribution in [3.05, 3.63) is 35.9 Å². The standard InChI is InChI=1S/C13H16N2O4S/c1-9(14)12(17)15-11(19-8-16)7-20-13(18)10-5-3-2-4-6-10/h2-6,8-9,11H,7,14H2,1H3,(H,15,17). The molecule has 0 heterocycles. The van der Waals surface area contributed by atoms with Gasteiger partial charge in [0.25, 0.3) is 6.47 Å². The summed E-state index contributed by atoms with van der Waals surface area (Å²) in [6.07, 6.45) is -0.885. The number of nitrogens with two attached hydrogens (primary N) is 1. The molecule has 1 amide bonds. The second-order valence-electron chi connectivity index (χ2n) is 3.98. The summed E-state index contributed by atoms with van der Waals surface area (Å²) in [6.45, 7) is 1.73. The molecule has 1 rings (SSSR count). The van der Waals surface area contributed by atoms with E-state index in [1.54, 1.807) is 24.3 Å². The molecule has 20 heavy (non-hydrogen) atoms. The van der Waals surface area contributed by atoms with Crippen LogP contribution in [0.25, 0.3) is 0 Å². The quantitative estimate of drug-likeness (QED) is 0.562. The van der Waals surface area contributed by atoms with Crippen molar-refractivity contribution in [1.29, 1.82) is 0 Å². The van der Waals surface area contributed by atoms with Gasteiger partial charge in [0.2, 0.25) is 11.0 Å². The minimum atomic E-state index is -0.885. The van der Waals surface area contributed by atoms with Crippen LogP contribution in [0.5, 0.6) is 0 Å². The highest BCUT2D eigenvalue weighted by atomic mass is 32.2. The van der Waals surface area contributed by atoms with Crippen LogP contribution in [0.4, 0.5) is 0 Å². The minimum absolute atomic E-state index is 0.116. The van der Waals surface area contributed by atoms with Crippen molar-refractivity contribution in [2.45, 2.75) is 19.2 Å². The van der Waals surface area contributed by atoms with Gasteiger partial charge in [-0.05, 0) is 6.92 Å². The van der Waals surface area contributed by atoms with Gasteiger partial charge in [-0.1, -0.05) is 42.1 Å². The molecule has 0 bridgehead atoms. The summed E-state index contributed by atoms with van der Waals surface area (Å²) >= 11 is 0.953. The molecule has 0 radical (unpaired) electrons. The normalized spacial score (nSPS) is 13.1. The third-order valence-electron chi connectivity index (χ3n) is 2.31. The number of hydrogen-bond donors (Lipinski definition) is 2. The fourth-order valence-corrected chi connectivity index (χ4v) is 2.05. The van der Waals surface area contributed by atoms with Crippen molar-refractivity contribution >= 4 is 29.3 Å². The maximum absolute atomic E-state index is 11.9. The molecule has 7 heteroatoms. The molecular formula is C13H16N2O4S. The van der Waals surface area contributed by atoms with Crippen molar-refractivity contribution in [1.82, 2.24) is 5.32 Å². The Kier molecular flexibility index (Phi) is 6.75. The van der Waals surface area contributed by atoms with Gasteiger partial charge in [-0.15, -0.1) is 0 Å². The Hall–Kier alpha value is -1.86. The smallest absolute Gasteiger partial charge is 0.295 e. The number of ether oxygens (including phenoxy) is 1. The maximum Gasteiger partial charge on any atom is 0.295 e. The lowest BCUT2D eigenvalue weighted by Crippen LogP contribution is -2.46. The van der Waals surface area contributed by atoms with Crippen LogP contribution in [0.2, 0.25) is 0 Å². The Balaban J connectivity index is 2.52. The predicted molar refractivity (Wildman–Crippen MR) is 76.0 cm³/mol. The third kappa shape index (κ3) is 5.41. The summed E-state index contributed by atoms with van der Waals surface area (Å²) in [6, 6.07) is 7.97. The molecule has 108 valence electrons. The Morgan fingerprint density at radius 3 is 2.60 bits per heavy atom. The van der Waals surface area contributed by atoms with Gasteiger partial charge in [-0.25, -0.2) is 0 Å². The van der Waals surface area contributed by atoms with E-state index >= 15 is 0 Å². The van der Waals surface area contributed by atoms with E-state index in [4.69, 9.17) is 10.5 Å². The molecule has 1 aromatic carbocycles. The number of carbonyl (C=O) groups is 3. The van der Waals surface area contributed by atoms with Gasteiger partial charge >= 0.3 is 0 Å². The molecule has 0 aromatic heterocycles. The highest BCUT2D eigenvalue weighted by Gasteiger charge is 2.18. The van der Waals surface area contributed by atoms with Crippen molar-refractivity contribution in [3.8, 4) is 0 Å². The molecule has 0 saturated carbocycles. The van der Waals surface area contributed by atoms with Crippen LogP contribution in [0.3, 0.4) is 0 Å². The number of nitrogens with one attached hydrogen (secondary N) is 1. The molecule has 1 aromatic rings. The average Bonchev–Trinajstić information content (AvgIpc) is 2.45. The summed E-state index contributed by atoms with van der Waals surface area (Å²) in [4.78, 5) is 33.7. The number of thioether (sulfide) groups is 1. The molecule has 6 nitrogen and oxygen atoms in total. The first-order chi connectivity index (χ1) is 9.54. The highest BCUT2D eigenvalue weighted by molar-refractivity contribution is 8.14. The van der Waals surface area contributed by atoms with E-state index in [-0.39, 0.29) is 17.3 Å². The topological polar surface area (TPSA) is 98.5 Å². The van der Waals surface area contributed by atoms with Crippen LogP contribution in [-0.2, 0) is 14.3 Å². The van der Waals surface area contributed by atoms with Gasteiger partial charge in [0, 0.05) is 5.56 Å². The van der Waals surface area contributed by atoms with Crippen molar-refractivity contribution < 1.29 is 19.1 Å². The summed E-state index contributed by atoms with van der Waals surface area (Å²) < 4.78 is 4.71. The summed E-state index contributed by atoms with van der Waals surface area (Å²) in [5.74, 6) is -0.338. The number of benzene rings is 1. The first kappa shape index (κ1) is 16.2. The second-order valence-corrected chi connectivity index (χ2v) is 4.98. The van der Waals surface area contributed by atoms with E-state index in [0.29, 0.717) is 5.56 Å². The molecular weight excluding hydrogens is 280 g/mol. The van der Waals surface area contributed by atoms with Gasteiger partial charge in [0.05, 0.1) is 11.8 Å². The predicted octanol–water partition coefficient (Wildman–Crippen LogP) is 0.522. The lowest BCUT2D eigenvalue weighted by Gasteiger charge is -2.17. The van der Waals surface area contributed by atoms with E-state index in [1.807, 2.05) is 6.07 Å². The van der Waals surface area contributed by atoms with E-state index < -0.39 is 18.2 Å². The van der Waals surface area contributed by atoms with Crippen molar-refractivity contribution in [2.24, 2.45) is 5.73 Å². The second kappa shape index (κ2) is 8.34. The highest BCUT2D eigenvalue weighted by Crippen LogP contribution is 2.13. The summed E-state index contributed by atoms with van der Waals surface area (Å²) in [5.41, 5.74) is 5.94. The lowest BCUT2D eigenvalue weighted by molar-refractivity contribution is -0.137. The summed E-state index contributed by atoms with van der Waals surface area (Å²) in [5, 5.41) is 2.27. The van der Waals surface area contributed by atoms with E-state index in [2.05, 4.69) is 5.32 Å².